The van der Waals surface area contributed by atoms with Gasteiger partial charge in [-0.25, -0.2) is 8.42 Å². The Balaban J connectivity index is 1.99. The SMILES string of the molecule is CCN(C[C@H]1N[C@@](CC)(C(=O)OC)[C@H]2C(=O)N(C)C(=O)[C@@H]12)S(=O)(=O)c1ccc(C)cc1. The summed E-state index contributed by atoms with van der Waals surface area (Å²) in [6.45, 7) is 5.42. The van der Waals surface area contributed by atoms with Crippen LogP contribution in [0.5, 0.6) is 0 Å². The maximum Gasteiger partial charge on any atom is 0.326 e. The Morgan fingerprint density at radius 1 is 1.19 bits per heavy atom. The Bertz CT molecular complexity index is 993. The number of nitrogens with zero attached hydrogens (tertiary/aromatic N) is 2. The molecule has 9 nitrogen and oxygen atoms in total. The molecule has 4 atom stereocenters. The summed E-state index contributed by atoms with van der Waals surface area (Å²) in [5, 5.41) is 3.14. The predicted molar refractivity (Wildman–Crippen MR) is 112 cm³/mol. The van der Waals surface area contributed by atoms with E-state index >= 15 is 0 Å². The van der Waals surface area contributed by atoms with Crippen molar-refractivity contribution in [2.45, 2.75) is 43.7 Å². The van der Waals surface area contributed by atoms with Crippen molar-refractivity contribution in [3.63, 3.8) is 0 Å². The lowest BCUT2D eigenvalue weighted by molar-refractivity contribution is -0.154. The van der Waals surface area contributed by atoms with Crippen LogP contribution >= 0.6 is 0 Å². The largest absolute Gasteiger partial charge is 0.468 e. The van der Waals surface area contributed by atoms with Gasteiger partial charge in [0.1, 0.15) is 5.54 Å². The van der Waals surface area contributed by atoms with Crippen LogP contribution < -0.4 is 5.32 Å². The molecule has 2 aliphatic rings. The topological polar surface area (TPSA) is 113 Å². The summed E-state index contributed by atoms with van der Waals surface area (Å²) in [5.41, 5.74) is -0.444. The van der Waals surface area contributed by atoms with Crippen LogP contribution in [0.15, 0.2) is 29.2 Å². The van der Waals surface area contributed by atoms with Crippen molar-refractivity contribution >= 4 is 27.8 Å². The maximum atomic E-state index is 13.2. The third-order valence-corrected chi connectivity index (χ3v) is 8.45. The van der Waals surface area contributed by atoms with Gasteiger partial charge < -0.3 is 4.74 Å². The molecule has 2 saturated heterocycles. The lowest BCUT2D eigenvalue weighted by Crippen LogP contribution is -2.58. The highest BCUT2D eigenvalue weighted by Gasteiger charge is 2.67. The molecule has 0 spiro atoms. The van der Waals surface area contributed by atoms with E-state index in [1.54, 1.807) is 38.1 Å². The molecule has 31 heavy (non-hydrogen) atoms. The van der Waals surface area contributed by atoms with E-state index in [1.165, 1.54) is 18.5 Å². The molecule has 170 valence electrons. The number of sulfonamides is 1. The van der Waals surface area contributed by atoms with Crippen molar-refractivity contribution in [3.8, 4) is 0 Å². The van der Waals surface area contributed by atoms with Crippen molar-refractivity contribution in [2.24, 2.45) is 11.8 Å². The number of rotatable bonds is 7. The fourth-order valence-electron chi connectivity index (χ4n) is 4.74. The molecule has 0 unspecified atom stereocenters. The van der Waals surface area contributed by atoms with Gasteiger partial charge in [-0.3, -0.25) is 24.6 Å². The van der Waals surface area contributed by atoms with Gasteiger partial charge in [0.25, 0.3) is 0 Å². The first-order valence-corrected chi connectivity index (χ1v) is 11.7. The summed E-state index contributed by atoms with van der Waals surface area (Å²) < 4.78 is 32.7. The quantitative estimate of drug-likeness (QED) is 0.475. The lowest BCUT2D eigenvalue weighted by atomic mass is 9.78. The van der Waals surface area contributed by atoms with E-state index in [2.05, 4.69) is 5.32 Å². The van der Waals surface area contributed by atoms with Gasteiger partial charge in [0.05, 0.1) is 23.8 Å². The first-order valence-electron chi connectivity index (χ1n) is 10.3. The molecule has 1 N–H and O–H groups in total. The molecule has 2 fully saturated rings. The molecule has 0 radical (unpaired) electrons. The molecule has 3 rings (SSSR count). The summed E-state index contributed by atoms with van der Waals surface area (Å²) >= 11 is 0. The molecule has 2 aliphatic heterocycles. The number of carbonyl (C=O) groups excluding carboxylic acids is 3. The standard InChI is InChI=1S/C21H29N3O6S/c1-6-21(20(27)30-5)17-16(18(25)23(4)19(17)26)15(22-21)12-24(7-2)31(28,29)14-10-8-13(3)9-11-14/h8-11,15-17,22H,6-7,12H2,1-5H3/t15-,16+,17-,21-/m1/s1. The van der Waals surface area contributed by atoms with E-state index in [4.69, 9.17) is 4.74 Å². The number of ether oxygens (including phenoxy) is 1. The molecule has 0 aliphatic carbocycles. The monoisotopic (exact) mass is 451 g/mol. The Morgan fingerprint density at radius 2 is 1.81 bits per heavy atom. The Labute approximate surface area is 182 Å². The van der Waals surface area contributed by atoms with Gasteiger partial charge in [-0.2, -0.15) is 4.31 Å². The minimum atomic E-state index is -3.83. The van der Waals surface area contributed by atoms with E-state index in [0.717, 1.165) is 10.5 Å². The second-order valence-corrected chi connectivity index (χ2v) is 10.0. The number of fused-ring (bicyclic) bond motifs is 1. The predicted octanol–water partition coefficient (Wildman–Crippen LogP) is 0.530. The normalized spacial score (nSPS) is 28.3. The lowest BCUT2D eigenvalue weighted by Gasteiger charge is -2.31. The Hall–Kier alpha value is -2.30. The Kier molecular flexibility index (Phi) is 6.28. The highest BCUT2D eigenvalue weighted by molar-refractivity contribution is 7.89. The van der Waals surface area contributed by atoms with Crippen LogP contribution in [0, 0.1) is 18.8 Å². The number of carbonyl (C=O) groups is 3. The summed E-state index contributed by atoms with van der Waals surface area (Å²) in [5.74, 6) is -3.29. The molecule has 10 heteroatoms. The zero-order valence-corrected chi connectivity index (χ0v) is 19.2. The fraction of sp³-hybridized carbons (Fsp3) is 0.571. The van der Waals surface area contributed by atoms with Crippen LogP contribution in [-0.4, -0.2) is 74.2 Å². The third-order valence-electron chi connectivity index (χ3n) is 6.50. The fourth-order valence-corrected chi connectivity index (χ4v) is 6.21. The number of benzene rings is 1. The van der Waals surface area contributed by atoms with Gasteiger partial charge in [0.15, 0.2) is 0 Å². The van der Waals surface area contributed by atoms with E-state index < -0.39 is 51.2 Å². The molecule has 1 aromatic rings. The minimum Gasteiger partial charge on any atom is -0.468 e. The van der Waals surface area contributed by atoms with Crippen LogP contribution in [0.1, 0.15) is 25.8 Å². The van der Waals surface area contributed by atoms with Gasteiger partial charge >= 0.3 is 5.97 Å². The average molecular weight is 452 g/mol. The number of imide groups is 1. The summed E-state index contributed by atoms with van der Waals surface area (Å²) in [7, 11) is -1.21. The van der Waals surface area contributed by atoms with Crippen molar-refractivity contribution < 1.29 is 27.5 Å². The van der Waals surface area contributed by atoms with Crippen LogP contribution in [0.4, 0.5) is 0 Å². The third kappa shape index (κ3) is 3.56. The number of amides is 2. The second kappa shape index (κ2) is 8.33. The number of likely N-dealkylation sites (tertiary alicyclic amines) is 1. The second-order valence-electron chi connectivity index (χ2n) is 8.07. The van der Waals surface area contributed by atoms with E-state index in [1.807, 2.05) is 6.92 Å². The summed E-state index contributed by atoms with van der Waals surface area (Å²) in [6, 6.07) is 5.81. The van der Waals surface area contributed by atoms with Crippen LogP contribution in [-0.2, 0) is 29.1 Å². The molecule has 1 aromatic carbocycles. The summed E-state index contributed by atoms with van der Waals surface area (Å²) in [6.07, 6.45) is 0.223. The van der Waals surface area contributed by atoms with Crippen LogP contribution in [0.2, 0.25) is 0 Å². The van der Waals surface area contributed by atoms with Crippen molar-refractivity contribution in [2.75, 3.05) is 27.2 Å². The van der Waals surface area contributed by atoms with Crippen molar-refractivity contribution in [1.29, 1.82) is 0 Å². The zero-order valence-electron chi connectivity index (χ0n) is 18.4. The Morgan fingerprint density at radius 3 is 2.32 bits per heavy atom. The number of esters is 1. The van der Waals surface area contributed by atoms with E-state index in [0.29, 0.717) is 0 Å². The first-order chi connectivity index (χ1) is 14.5. The highest BCUT2D eigenvalue weighted by atomic mass is 32.2. The maximum absolute atomic E-state index is 13.2. The first kappa shape index (κ1) is 23.4. The number of hydrogen-bond acceptors (Lipinski definition) is 7. The van der Waals surface area contributed by atoms with Crippen LogP contribution in [0.25, 0.3) is 0 Å². The minimum absolute atomic E-state index is 0.0561. The molecule has 0 bridgehead atoms. The number of aryl methyl sites for hydroxylation is 1. The van der Waals surface area contributed by atoms with Gasteiger partial charge in [0, 0.05) is 26.2 Å². The van der Waals surface area contributed by atoms with Gasteiger partial charge in [-0.15, -0.1) is 0 Å². The summed E-state index contributed by atoms with van der Waals surface area (Å²) in [4.78, 5) is 39.7. The molecular formula is C21H29N3O6S. The number of methoxy groups -OCH3 is 1. The smallest absolute Gasteiger partial charge is 0.326 e. The average Bonchev–Trinajstić information content (AvgIpc) is 3.21. The molecule has 0 aromatic heterocycles. The molecule has 2 heterocycles. The van der Waals surface area contributed by atoms with Gasteiger partial charge in [-0.05, 0) is 25.5 Å². The number of likely N-dealkylation sites (N-methyl/N-ethyl adjacent to an activating group) is 1. The molecule has 2 amide bonds. The van der Waals surface area contributed by atoms with Crippen molar-refractivity contribution in [1.82, 2.24) is 14.5 Å². The van der Waals surface area contributed by atoms with E-state index in [9.17, 15) is 22.8 Å². The number of nitrogens with one attached hydrogen (secondary N) is 1. The van der Waals surface area contributed by atoms with Gasteiger partial charge in [-0.1, -0.05) is 31.5 Å². The van der Waals surface area contributed by atoms with Gasteiger partial charge in [0.2, 0.25) is 21.8 Å². The molecule has 0 saturated carbocycles. The number of hydrogen-bond donors (Lipinski definition) is 1. The van der Waals surface area contributed by atoms with Crippen LogP contribution in [0.3, 0.4) is 0 Å². The molecular weight excluding hydrogens is 422 g/mol. The van der Waals surface area contributed by atoms with Crippen molar-refractivity contribution in [3.05, 3.63) is 29.8 Å². The highest BCUT2D eigenvalue weighted by Crippen LogP contribution is 2.45. The zero-order chi connectivity index (χ0) is 23.1. The van der Waals surface area contributed by atoms with E-state index in [-0.39, 0.29) is 24.4 Å².